The van der Waals surface area contributed by atoms with Gasteiger partial charge in [0.05, 0.1) is 0 Å². The highest BCUT2D eigenvalue weighted by molar-refractivity contribution is 6.58. The minimum atomic E-state index is -1.50. The Morgan fingerprint density at radius 2 is 1.76 bits per heavy atom. The zero-order valence-corrected chi connectivity index (χ0v) is 9.95. The van der Waals surface area contributed by atoms with Crippen molar-refractivity contribution < 1.29 is 10.0 Å². The van der Waals surface area contributed by atoms with Crippen LogP contribution in [0.1, 0.15) is 6.92 Å². The van der Waals surface area contributed by atoms with Gasteiger partial charge in [-0.2, -0.15) is 0 Å². The summed E-state index contributed by atoms with van der Waals surface area (Å²) in [6.07, 6.45) is 2.92. The average Bonchev–Trinajstić information content (AvgIpc) is 2.39. The normalized spacial score (nSPS) is 17.2. The Hall–Kier alpha value is -1.18. The molecule has 0 amide bonds. The largest absolute Gasteiger partial charge is 0.491 e. The molecule has 1 aliphatic heterocycles. The van der Waals surface area contributed by atoms with E-state index in [1.165, 1.54) is 12.4 Å². The van der Waals surface area contributed by atoms with Gasteiger partial charge in [-0.05, 0) is 6.54 Å². The summed E-state index contributed by atoms with van der Waals surface area (Å²) in [7, 11) is -1.50. The molecule has 1 fully saturated rings. The van der Waals surface area contributed by atoms with Crippen molar-refractivity contribution in [3.05, 3.63) is 12.4 Å². The minimum absolute atomic E-state index is 0.320. The van der Waals surface area contributed by atoms with Gasteiger partial charge in [-0.15, -0.1) is 0 Å². The molecule has 0 saturated carbocycles. The van der Waals surface area contributed by atoms with E-state index < -0.39 is 7.12 Å². The molecule has 0 atom stereocenters. The number of hydrogen-bond acceptors (Lipinski definition) is 6. The second kappa shape index (κ2) is 5.44. The molecule has 2 N–H and O–H groups in total. The molecule has 92 valence electrons. The molecule has 0 spiro atoms. The summed E-state index contributed by atoms with van der Waals surface area (Å²) < 4.78 is 0. The number of anilines is 1. The van der Waals surface area contributed by atoms with E-state index in [-0.39, 0.29) is 0 Å². The van der Waals surface area contributed by atoms with Crippen molar-refractivity contribution in [1.29, 1.82) is 0 Å². The van der Waals surface area contributed by atoms with Gasteiger partial charge in [-0.3, -0.25) is 0 Å². The van der Waals surface area contributed by atoms with Crippen molar-refractivity contribution in [2.45, 2.75) is 6.92 Å². The number of aromatic nitrogens is 2. The Morgan fingerprint density at radius 3 is 2.24 bits per heavy atom. The number of likely N-dealkylation sites (N-methyl/N-ethyl adjacent to an activating group) is 1. The molecule has 7 heteroatoms. The third-order valence-electron chi connectivity index (χ3n) is 3.06. The minimum Gasteiger partial charge on any atom is -0.423 e. The van der Waals surface area contributed by atoms with Crippen LogP contribution in [0, 0.1) is 0 Å². The highest BCUT2D eigenvalue weighted by Crippen LogP contribution is 2.08. The van der Waals surface area contributed by atoms with Crippen LogP contribution < -0.4 is 10.4 Å². The molecule has 2 rings (SSSR count). The smallest absolute Gasteiger partial charge is 0.423 e. The fourth-order valence-electron chi connectivity index (χ4n) is 1.89. The molecule has 0 bridgehead atoms. The van der Waals surface area contributed by atoms with Gasteiger partial charge in [-0.1, -0.05) is 6.92 Å². The van der Waals surface area contributed by atoms with Gasteiger partial charge in [0.15, 0.2) is 0 Å². The second-order valence-corrected chi connectivity index (χ2v) is 4.11. The number of piperazine rings is 1. The van der Waals surface area contributed by atoms with E-state index in [4.69, 9.17) is 10.0 Å². The van der Waals surface area contributed by atoms with E-state index in [1.54, 1.807) is 0 Å². The van der Waals surface area contributed by atoms with Gasteiger partial charge in [0.25, 0.3) is 0 Å². The first kappa shape index (κ1) is 12.3. The van der Waals surface area contributed by atoms with E-state index in [1.807, 2.05) is 0 Å². The Balaban J connectivity index is 1.99. The molecule has 6 nitrogen and oxygen atoms in total. The summed E-state index contributed by atoms with van der Waals surface area (Å²) in [4.78, 5) is 12.8. The molecular weight excluding hydrogens is 219 g/mol. The molecule has 1 aliphatic rings. The zero-order chi connectivity index (χ0) is 12.3. The van der Waals surface area contributed by atoms with Crippen molar-refractivity contribution in [2.24, 2.45) is 0 Å². The highest BCUT2D eigenvalue weighted by atomic mass is 16.4. The molecular formula is C10H17BN4O2. The maximum absolute atomic E-state index is 8.95. The summed E-state index contributed by atoms with van der Waals surface area (Å²) in [6.45, 7) is 7.09. The predicted molar refractivity (Wildman–Crippen MR) is 66.2 cm³/mol. The lowest BCUT2D eigenvalue weighted by atomic mass is 9.83. The van der Waals surface area contributed by atoms with Gasteiger partial charge in [0.2, 0.25) is 5.95 Å². The summed E-state index contributed by atoms with van der Waals surface area (Å²) >= 11 is 0. The number of rotatable bonds is 3. The Morgan fingerprint density at radius 1 is 1.18 bits per heavy atom. The molecule has 0 aromatic carbocycles. The van der Waals surface area contributed by atoms with Crippen molar-refractivity contribution in [3.63, 3.8) is 0 Å². The van der Waals surface area contributed by atoms with Gasteiger partial charge in [0, 0.05) is 44.0 Å². The lowest BCUT2D eigenvalue weighted by molar-refractivity contribution is 0.270. The van der Waals surface area contributed by atoms with Crippen LogP contribution in [0.2, 0.25) is 0 Å². The summed E-state index contributed by atoms with van der Waals surface area (Å²) in [5.74, 6) is 0.658. The zero-order valence-electron chi connectivity index (χ0n) is 9.95. The predicted octanol–water partition coefficient (Wildman–Crippen LogP) is -1.70. The van der Waals surface area contributed by atoms with Crippen molar-refractivity contribution in [3.8, 4) is 0 Å². The van der Waals surface area contributed by atoms with E-state index >= 15 is 0 Å². The lowest BCUT2D eigenvalue weighted by Crippen LogP contribution is -2.47. The lowest BCUT2D eigenvalue weighted by Gasteiger charge is -2.33. The van der Waals surface area contributed by atoms with E-state index in [0.29, 0.717) is 11.4 Å². The third kappa shape index (κ3) is 2.93. The summed E-state index contributed by atoms with van der Waals surface area (Å²) in [5, 5.41) is 17.9. The molecule has 1 aromatic heterocycles. The second-order valence-electron chi connectivity index (χ2n) is 4.11. The van der Waals surface area contributed by atoms with Gasteiger partial charge < -0.3 is 19.8 Å². The van der Waals surface area contributed by atoms with Crippen LogP contribution in [0.25, 0.3) is 0 Å². The number of hydrogen-bond donors (Lipinski definition) is 2. The maximum Gasteiger partial charge on any atom is 0.491 e. The van der Waals surface area contributed by atoms with Crippen LogP contribution in [0.15, 0.2) is 12.4 Å². The van der Waals surface area contributed by atoms with Crippen LogP contribution in [-0.4, -0.2) is 64.8 Å². The van der Waals surface area contributed by atoms with Crippen molar-refractivity contribution in [1.82, 2.24) is 14.9 Å². The molecule has 0 aliphatic carbocycles. The molecule has 17 heavy (non-hydrogen) atoms. The molecule has 1 saturated heterocycles. The summed E-state index contributed by atoms with van der Waals surface area (Å²) in [5.41, 5.74) is 0.320. The Labute approximate surface area is 101 Å². The van der Waals surface area contributed by atoms with E-state index in [0.717, 1.165) is 32.7 Å². The molecule has 2 heterocycles. The quantitative estimate of drug-likeness (QED) is 0.609. The first-order valence-electron chi connectivity index (χ1n) is 5.86. The summed E-state index contributed by atoms with van der Waals surface area (Å²) in [6, 6.07) is 0. The van der Waals surface area contributed by atoms with Crippen LogP contribution >= 0.6 is 0 Å². The SMILES string of the molecule is CCN1CCN(c2ncc(B(O)O)cn2)CC1. The van der Waals surface area contributed by atoms with Crippen molar-refractivity contribution >= 4 is 18.5 Å². The fourth-order valence-corrected chi connectivity index (χ4v) is 1.89. The van der Waals surface area contributed by atoms with Gasteiger partial charge in [0.1, 0.15) is 0 Å². The molecule has 0 radical (unpaired) electrons. The van der Waals surface area contributed by atoms with Crippen molar-refractivity contribution in [2.75, 3.05) is 37.6 Å². The van der Waals surface area contributed by atoms with Gasteiger partial charge in [-0.25, -0.2) is 9.97 Å². The van der Waals surface area contributed by atoms with E-state index in [9.17, 15) is 0 Å². The molecule has 0 unspecified atom stereocenters. The van der Waals surface area contributed by atoms with Crippen LogP contribution in [0.4, 0.5) is 5.95 Å². The molecule has 1 aromatic rings. The monoisotopic (exact) mass is 236 g/mol. The Bertz CT molecular complexity index is 352. The van der Waals surface area contributed by atoms with Crippen LogP contribution in [0.5, 0.6) is 0 Å². The van der Waals surface area contributed by atoms with Crippen LogP contribution in [0.3, 0.4) is 0 Å². The average molecular weight is 236 g/mol. The van der Waals surface area contributed by atoms with Gasteiger partial charge >= 0.3 is 7.12 Å². The highest BCUT2D eigenvalue weighted by Gasteiger charge is 2.18. The third-order valence-corrected chi connectivity index (χ3v) is 3.06. The van der Waals surface area contributed by atoms with Crippen LogP contribution in [-0.2, 0) is 0 Å². The first-order valence-corrected chi connectivity index (χ1v) is 5.86. The Kier molecular flexibility index (Phi) is 3.93. The maximum atomic E-state index is 8.95. The first-order chi connectivity index (χ1) is 8.20. The number of nitrogens with zero attached hydrogens (tertiary/aromatic N) is 4. The topological polar surface area (TPSA) is 72.7 Å². The standard InChI is InChI=1S/C10H17BN4O2/c1-2-14-3-5-15(6-4-14)10-12-7-9(8-13-10)11(16)17/h7-8,16-17H,2-6H2,1H3. The van der Waals surface area contributed by atoms with E-state index in [2.05, 4.69) is 26.7 Å². The fraction of sp³-hybridized carbons (Fsp3) is 0.600.